The Labute approximate surface area is 137 Å². The van der Waals surface area contributed by atoms with E-state index in [-0.39, 0.29) is 11.9 Å². The van der Waals surface area contributed by atoms with Crippen molar-refractivity contribution in [2.24, 2.45) is 11.7 Å². The molecule has 1 saturated heterocycles. The van der Waals surface area contributed by atoms with Gasteiger partial charge in [-0.15, -0.1) is 0 Å². The highest BCUT2D eigenvalue weighted by atomic mass is 16.2. The van der Waals surface area contributed by atoms with Crippen LogP contribution in [-0.4, -0.2) is 36.1 Å². The Morgan fingerprint density at radius 1 is 1.22 bits per heavy atom. The van der Waals surface area contributed by atoms with E-state index in [4.69, 9.17) is 10.7 Å². The number of anilines is 2. The maximum absolute atomic E-state index is 12.2. The van der Waals surface area contributed by atoms with Crippen molar-refractivity contribution in [1.82, 2.24) is 4.98 Å². The second-order valence-electron chi connectivity index (χ2n) is 6.97. The molecule has 0 bridgehead atoms. The molecule has 1 aliphatic carbocycles. The van der Waals surface area contributed by atoms with Crippen molar-refractivity contribution in [3.63, 3.8) is 0 Å². The average molecular weight is 312 g/mol. The molecular weight excluding hydrogens is 288 g/mol. The van der Waals surface area contributed by atoms with Crippen LogP contribution in [0.1, 0.15) is 38.3 Å². The fourth-order valence-electron chi connectivity index (χ4n) is 3.71. The van der Waals surface area contributed by atoms with Gasteiger partial charge in [-0.2, -0.15) is 0 Å². The minimum atomic E-state index is 0.103. The Kier molecular flexibility index (Phi) is 3.60. The SMILES string of the molecule is CC(=O)N1c2ccc(N3CCC(N)CC3)nc2C=C[C@@H]1C1CC1. The molecule has 2 fully saturated rings. The van der Waals surface area contributed by atoms with Crippen molar-refractivity contribution in [2.45, 2.75) is 44.7 Å². The summed E-state index contributed by atoms with van der Waals surface area (Å²) in [6, 6.07) is 4.64. The Morgan fingerprint density at radius 2 is 1.96 bits per heavy atom. The van der Waals surface area contributed by atoms with Gasteiger partial charge in [-0.25, -0.2) is 4.98 Å². The van der Waals surface area contributed by atoms with E-state index in [2.05, 4.69) is 29.2 Å². The standard InChI is InChI=1S/C18H24N4O/c1-12(23)22-16(13-2-3-13)5-4-15-17(22)6-7-18(20-15)21-10-8-14(19)9-11-21/h4-7,13-14,16H,2-3,8-11,19H2,1H3/t16-/m1/s1. The lowest BCUT2D eigenvalue weighted by atomic mass is 10.0. The van der Waals surface area contributed by atoms with Crippen LogP contribution < -0.4 is 15.5 Å². The Morgan fingerprint density at radius 3 is 2.61 bits per heavy atom. The van der Waals surface area contributed by atoms with Crippen LogP contribution in [-0.2, 0) is 4.79 Å². The highest BCUT2D eigenvalue weighted by Gasteiger charge is 2.38. The number of aromatic nitrogens is 1. The fraction of sp³-hybridized carbons (Fsp3) is 0.556. The Bertz CT molecular complexity index is 644. The van der Waals surface area contributed by atoms with Crippen LogP contribution in [0.15, 0.2) is 18.2 Å². The molecule has 0 spiro atoms. The lowest BCUT2D eigenvalue weighted by molar-refractivity contribution is -0.117. The number of carbonyl (C=O) groups excluding carboxylic acids is 1. The number of rotatable bonds is 2. The molecule has 3 heterocycles. The molecule has 4 rings (SSSR count). The lowest BCUT2D eigenvalue weighted by Gasteiger charge is -2.35. The summed E-state index contributed by atoms with van der Waals surface area (Å²) in [5.74, 6) is 1.71. The van der Waals surface area contributed by atoms with Crippen molar-refractivity contribution < 1.29 is 4.79 Å². The van der Waals surface area contributed by atoms with Gasteiger partial charge >= 0.3 is 0 Å². The first kappa shape index (κ1) is 14.7. The van der Waals surface area contributed by atoms with E-state index in [1.54, 1.807) is 6.92 Å². The Hall–Kier alpha value is -1.88. The van der Waals surface area contributed by atoms with Crippen LogP contribution in [0.2, 0.25) is 0 Å². The molecular formula is C18H24N4O. The topological polar surface area (TPSA) is 62.5 Å². The van der Waals surface area contributed by atoms with Gasteiger partial charge in [0.1, 0.15) is 5.82 Å². The van der Waals surface area contributed by atoms with Gasteiger partial charge in [0.15, 0.2) is 0 Å². The molecule has 0 radical (unpaired) electrons. The number of fused-ring (bicyclic) bond motifs is 1. The van der Waals surface area contributed by atoms with E-state index < -0.39 is 0 Å². The van der Waals surface area contributed by atoms with Gasteiger partial charge in [0.25, 0.3) is 0 Å². The first-order chi connectivity index (χ1) is 11.1. The van der Waals surface area contributed by atoms with E-state index in [0.29, 0.717) is 12.0 Å². The predicted octanol–water partition coefficient (Wildman–Crippen LogP) is 2.17. The van der Waals surface area contributed by atoms with Crippen LogP contribution in [0.5, 0.6) is 0 Å². The summed E-state index contributed by atoms with van der Waals surface area (Å²) >= 11 is 0. The summed E-state index contributed by atoms with van der Waals surface area (Å²) in [7, 11) is 0. The minimum absolute atomic E-state index is 0.103. The van der Waals surface area contributed by atoms with Crippen LogP contribution in [0, 0.1) is 5.92 Å². The molecule has 2 aliphatic heterocycles. The molecule has 0 unspecified atom stereocenters. The monoisotopic (exact) mass is 312 g/mol. The van der Waals surface area contributed by atoms with E-state index in [1.807, 2.05) is 4.90 Å². The Balaban J connectivity index is 1.63. The summed E-state index contributed by atoms with van der Waals surface area (Å²) in [6.45, 7) is 3.56. The minimum Gasteiger partial charge on any atom is -0.356 e. The van der Waals surface area contributed by atoms with Crippen LogP contribution >= 0.6 is 0 Å². The summed E-state index contributed by atoms with van der Waals surface area (Å²) in [4.78, 5) is 21.2. The first-order valence-corrected chi connectivity index (χ1v) is 8.63. The van der Waals surface area contributed by atoms with Gasteiger partial charge in [0, 0.05) is 26.1 Å². The number of piperidine rings is 1. The molecule has 1 atom stereocenters. The number of nitrogens with two attached hydrogens (primary N) is 1. The third kappa shape index (κ3) is 2.74. The molecule has 5 nitrogen and oxygen atoms in total. The second kappa shape index (κ2) is 5.64. The smallest absolute Gasteiger partial charge is 0.224 e. The summed E-state index contributed by atoms with van der Waals surface area (Å²) in [6.07, 6.45) is 8.71. The van der Waals surface area contributed by atoms with Crippen molar-refractivity contribution >= 4 is 23.5 Å². The van der Waals surface area contributed by atoms with Crippen molar-refractivity contribution in [2.75, 3.05) is 22.9 Å². The van der Waals surface area contributed by atoms with Crippen LogP contribution in [0.25, 0.3) is 6.08 Å². The highest BCUT2D eigenvalue weighted by molar-refractivity contribution is 5.96. The fourth-order valence-corrected chi connectivity index (χ4v) is 3.71. The second-order valence-corrected chi connectivity index (χ2v) is 6.97. The third-order valence-electron chi connectivity index (χ3n) is 5.20. The van der Waals surface area contributed by atoms with Crippen molar-refractivity contribution in [1.29, 1.82) is 0 Å². The van der Waals surface area contributed by atoms with E-state index in [1.165, 1.54) is 12.8 Å². The molecule has 0 aromatic carbocycles. The van der Waals surface area contributed by atoms with E-state index in [9.17, 15) is 4.79 Å². The average Bonchev–Trinajstić information content (AvgIpc) is 3.38. The maximum atomic E-state index is 12.2. The molecule has 1 aromatic rings. The molecule has 1 saturated carbocycles. The van der Waals surface area contributed by atoms with Gasteiger partial charge in [0.05, 0.1) is 17.4 Å². The number of hydrogen-bond acceptors (Lipinski definition) is 4. The predicted molar refractivity (Wildman–Crippen MR) is 92.4 cm³/mol. The molecule has 5 heteroatoms. The quantitative estimate of drug-likeness (QED) is 0.909. The van der Waals surface area contributed by atoms with Gasteiger partial charge in [-0.05, 0) is 49.8 Å². The number of hydrogen-bond donors (Lipinski definition) is 1. The lowest BCUT2D eigenvalue weighted by Crippen LogP contribution is -2.42. The van der Waals surface area contributed by atoms with Gasteiger partial charge in [0.2, 0.25) is 5.91 Å². The molecule has 1 amide bonds. The normalized spacial score (nSPS) is 24.7. The summed E-state index contributed by atoms with van der Waals surface area (Å²) in [5, 5.41) is 0. The van der Waals surface area contributed by atoms with E-state index in [0.717, 1.165) is 43.1 Å². The van der Waals surface area contributed by atoms with Gasteiger partial charge in [-0.3, -0.25) is 4.79 Å². The molecule has 2 N–H and O–H groups in total. The highest BCUT2D eigenvalue weighted by Crippen LogP contribution is 2.41. The van der Waals surface area contributed by atoms with Gasteiger partial charge < -0.3 is 15.5 Å². The maximum Gasteiger partial charge on any atom is 0.224 e. The number of nitrogens with zero attached hydrogens (tertiary/aromatic N) is 3. The van der Waals surface area contributed by atoms with Gasteiger partial charge in [-0.1, -0.05) is 6.08 Å². The zero-order valence-electron chi connectivity index (χ0n) is 13.6. The van der Waals surface area contributed by atoms with Crippen LogP contribution in [0.4, 0.5) is 11.5 Å². The number of pyridine rings is 1. The van der Waals surface area contributed by atoms with Crippen LogP contribution in [0.3, 0.4) is 0 Å². The molecule has 3 aliphatic rings. The van der Waals surface area contributed by atoms with E-state index >= 15 is 0 Å². The third-order valence-corrected chi connectivity index (χ3v) is 5.20. The molecule has 1 aromatic heterocycles. The number of carbonyl (C=O) groups is 1. The molecule has 23 heavy (non-hydrogen) atoms. The zero-order valence-corrected chi connectivity index (χ0v) is 13.6. The number of amides is 1. The summed E-state index contributed by atoms with van der Waals surface area (Å²) in [5.41, 5.74) is 7.84. The largest absolute Gasteiger partial charge is 0.356 e. The molecule has 122 valence electrons. The van der Waals surface area contributed by atoms with Crippen molar-refractivity contribution in [3.8, 4) is 0 Å². The zero-order chi connectivity index (χ0) is 16.0. The summed E-state index contributed by atoms with van der Waals surface area (Å²) < 4.78 is 0. The first-order valence-electron chi connectivity index (χ1n) is 8.63. The van der Waals surface area contributed by atoms with Crippen molar-refractivity contribution in [3.05, 3.63) is 23.9 Å².